The van der Waals surface area contributed by atoms with E-state index in [4.69, 9.17) is 0 Å². The molecule has 1 atom stereocenters. The van der Waals surface area contributed by atoms with Crippen molar-refractivity contribution in [3.8, 4) is 0 Å². The minimum absolute atomic E-state index is 0.0751. The third kappa shape index (κ3) is 4.90. The lowest BCUT2D eigenvalue weighted by Gasteiger charge is -2.30. The van der Waals surface area contributed by atoms with Gasteiger partial charge in [0.2, 0.25) is 5.91 Å². The number of sulfone groups is 1. The van der Waals surface area contributed by atoms with Crippen LogP contribution in [0.2, 0.25) is 0 Å². The Kier molecular flexibility index (Phi) is 6.14. The summed E-state index contributed by atoms with van der Waals surface area (Å²) in [6.45, 7) is 5.74. The van der Waals surface area contributed by atoms with Gasteiger partial charge in [0.05, 0.1) is 17.5 Å². The van der Waals surface area contributed by atoms with Gasteiger partial charge in [-0.1, -0.05) is 13.8 Å². The van der Waals surface area contributed by atoms with Crippen LogP contribution in [0.3, 0.4) is 0 Å². The van der Waals surface area contributed by atoms with E-state index in [9.17, 15) is 21.6 Å². The van der Waals surface area contributed by atoms with Gasteiger partial charge in [0, 0.05) is 26.2 Å². The summed E-state index contributed by atoms with van der Waals surface area (Å²) in [4.78, 5) is 13.6. The number of carbonyl (C=O) groups is 1. The lowest BCUT2D eigenvalue weighted by atomic mass is 10.3. The van der Waals surface area contributed by atoms with Crippen LogP contribution in [-0.4, -0.2) is 75.7 Å². The summed E-state index contributed by atoms with van der Waals surface area (Å²) < 4.78 is 50.3. The molecule has 1 fully saturated rings. The number of carbonyl (C=O) groups excluding carboxylic acids is 1. The van der Waals surface area contributed by atoms with Crippen LogP contribution in [-0.2, 0) is 24.8 Å². The third-order valence-electron chi connectivity index (χ3n) is 3.40. The van der Waals surface area contributed by atoms with Gasteiger partial charge in [-0.05, 0) is 6.92 Å². The lowest BCUT2D eigenvalue weighted by Crippen LogP contribution is -2.54. The highest BCUT2D eigenvalue weighted by Gasteiger charge is 2.30. The van der Waals surface area contributed by atoms with Crippen molar-refractivity contribution in [2.75, 3.05) is 37.7 Å². The monoisotopic (exact) mass is 341 g/mol. The van der Waals surface area contributed by atoms with E-state index in [0.29, 0.717) is 13.1 Å². The van der Waals surface area contributed by atoms with E-state index >= 15 is 0 Å². The molecule has 0 aliphatic carbocycles. The fourth-order valence-corrected chi connectivity index (χ4v) is 4.70. The molecule has 0 bridgehead atoms. The van der Waals surface area contributed by atoms with E-state index in [1.807, 2.05) is 0 Å². The summed E-state index contributed by atoms with van der Waals surface area (Å²) in [6.07, 6.45) is 0. The Morgan fingerprint density at radius 1 is 1.24 bits per heavy atom. The highest BCUT2D eigenvalue weighted by atomic mass is 32.2. The second-order valence-electron chi connectivity index (χ2n) is 4.91. The van der Waals surface area contributed by atoms with Gasteiger partial charge in [0.1, 0.15) is 0 Å². The van der Waals surface area contributed by atoms with Crippen molar-refractivity contribution in [2.45, 2.75) is 26.8 Å². The van der Waals surface area contributed by atoms with Gasteiger partial charge in [-0.25, -0.2) is 8.42 Å². The molecule has 1 amide bonds. The molecule has 124 valence electrons. The second-order valence-corrected chi connectivity index (χ2v) is 8.91. The van der Waals surface area contributed by atoms with Gasteiger partial charge >= 0.3 is 0 Å². The standard InChI is InChI=1S/C11H23N3O5S2/c1-4-14(5-2)21(18,19)12-10(3)11(15)13-6-8-20(16,17)9-7-13/h10,12H,4-9H2,1-3H3. The second kappa shape index (κ2) is 7.03. The summed E-state index contributed by atoms with van der Waals surface area (Å²) in [5.74, 6) is -0.552. The molecule has 0 saturated carbocycles. The smallest absolute Gasteiger partial charge is 0.280 e. The molecule has 1 aliphatic heterocycles. The summed E-state index contributed by atoms with van der Waals surface area (Å²) >= 11 is 0. The molecule has 0 aromatic rings. The molecule has 1 rings (SSSR count). The van der Waals surface area contributed by atoms with E-state index in [1.54, 1.807) is 13.8 Å². The van der Waals surface area contributed by atoms with E-state index in [0.717, 1.165) is 0 Å². The maximum atomic E-state index is 12.2. The maximum Gasteiger partial charge on any atom is 0.280 e. The van der Waals surface area contributed by atoms with Crippen LogP contribution in [0.4, 0.5) is 0 Å². The number of hydrogen-bond acceptors (Lipinski definition) is 5. The number of hydrogen-bond donors (Lipinski definition) is 1. The lowest BCUT2D eigenvalue weighted by molar-refractivity contribution is -0.132. The van der Waals surface area contributed by atoms with Crippen molar-refractivity contribution in [1.29, 1.82) is 0 Å². The summed E-state index contributed by atoms with van der Waals surface area (Å²) in [5.41, 5.74) is 0. The van der Waals surface area contributed by atoms with Gasteiger partial charge in [-0.3, -0.25) is 4.79 Å². The largest absolute Gasteiger partial charge is 0.339 e. The van der Waals surface area contributed by atoms with Gasteiger partial charge < -0.3 is 4.90 Å². The van der Waals surface area contributed by atoms with Crippen LogP contribution in [0.15, 0.2) is 0 Å². The van der Waals surface area contributed by atoms with E-state index < -0.39 is 32.0 Å². The minimum atomic E-state index is -3.71. The van der Waals surface area contributed by atoms with Gasteiger partial charge in [0.25, 0.3) is 10.2 Å². The Labute approximate surface area is 126 Å². The summed E-state index contributed by atoms with van der Waals surface area (Å²) in [5, 5.41) is 0. The van der Waals surface area contributed by atoms with Crippen molar-refractivity contribution in [2.24, 2.45) is 0 Å². The SMILES string of the molecule is CCN(CC)S(=O)(=O)NC(C)C(=O)N1CCS(=O)(=O)CC1. The zero-order valence-corrected chi connectivity index (χ0v) is 14.2. The Hall–Kier alpha value is -0.710. The van der Waals surface area contributed by atoms with E-state index in [-0.39, 0.29) is 24.6 Å². The molecule has 8 nitrogen and oxygen atoms in total. The summed E-state index contributed by atoms with van der Waals surface area (Å²) in [6, 6.07) is -0.920. The van der Waals surface area contributed by atoms with Crippen molar-refractivity contribution < 1.29 is 21.6 Å². The normalized spacial score (nSPS) is 20.5. The number of nitrogens with zero attached hydrogens (tertiary/aromatic N) is 2. The Balaban J connectivity index is 2.67. The molecule has 1 saturated heterocycles. The number of rotatable bonds is 6. The van der Waals surface area contributed by atoms with Crippen LogP contribution in [0.5, 0.6) is 0 Å². The van der Waals surface area contributed by atoms with Crippen LogP contribution >= 0.6 is 0 Å². The van der Waals surface area contributed by atoms with Gasteiger partial charge in [-0.2, -0.15) is 17.4 Å². The highest BCUT2D eigenvalue weighted by molar-refractivity contribution is 7.91. The van der Waals surface area contributed by atoms with Crippen molar-refractivity contribution in [3.05, 3.63) is 0 Å². The molecule has 1 unspecified atom stereocenters. The van der Waals surface area contributed by atoms with Crippen LogP contribution < -0.4 is 4.72 Å². The first-order valence-corrected chi connectivity index (χ1v) is 10.2. The zero-order chi connectivity index (χ0) is 16.3. The Bertz CT molecular complexity index is 555. The molecule has 0 spiro atoms. The predicted octanol–water partition coefficient (Wildman–Crippen LogP) is -1.19. The highest BCUT2D eigenvalue weighted by Crippen LogP contribution is 2.07. The van der Waals surface area contributed by atoms with Crippen molar-refractivity contribution in [1.82, 2.24) is 13.9 Å². The molecule has 1 aliphatic rings. The third-order valence-corrected chi connectivity index (χ3v) is 6.85. The first-order chi connectivity index (χ1) is 9.63. The van der Waals surface area contributed by atoms with Crippen LogP contribution in [0.25, 0.3) is 0 Å². The fraction of sp³-hybridized carbons (Fsp3) is 0.909. The first-order valence-electron chi connectivity index (χ1n) is 6.89. The molecule has 0 aromatic carbocycles. The maximum absolute atomic E-state index is 12.2. The van der Waals surface area contributed by atoms with Crippen LogP contribution in [0.1, 0.15) is 20.8 Å². The van der Waals surface area contributed by atoms with Crippen molar-refractivity contribution in [3.63, 3.8) is 0 Å². The minimum Gasteiger partial charge on any atom is -0.339 e. The van der Waals surface area contributed by atoms with E-state index in [1.165, 1.54) is 16.1 Å². The molecule has 21 heavy (non-hydrogen) atoms. The predicted molar refractivity (Wildman–Crippen MR) is 79.7 cm³/mol. The molecule has 0 radical (unpaired) electrons. The molecular formula is C11H23N3O5S2. The van der Waals surface area contributed by atoms with E-state index in [2.05, 4.69) is 4.72 Å². The van der Waals surface area contributed by atoms with Gasteiger partial charge in [-0.15, -0.1) is 0 Å². The van der Waals surface area contributed by atoms with Crippen molar-refractivity contribution >= 4 is 26.0 Å². The zero-order valence-electron chi connectivity index (χ0n) is 12.6. The average molecular weight is 341 g/mol. The summed E-state index contributed by atoms with van der Waals surface area (Å²) in [7, 11) is -6.78. The first kappa shape index (κ1) is 18.3. The molecule has 1 heterocycles. The Morgan fingerprint density at radius 2 is 1.71 bits per heavy atom. The quantitative estimate of drug-likeness (QED) is 0.654. The molecule has 1 N–H and O–H groups in total. The topological polar surface area (TPSA) is 104 Å². The average Bonchev–Trinajstić information content (AvgIpc) is 2.38. The van der Waals surface area contributed by atoms with Crippen LogP contribution in [0, 0.1) is 0 Å². The molecule has 0 aromatic heterocycles. The number of nitrogens with one attached hydrogen (secondary N) is 1. The molecule has 10 heteroatoms. The Morgan fingerprint density at radius 3 is 2.14 bits per heavy atom. The fourth-order valence-electron chi connectivity index (χ4n) is 2.12. The van der Waals surface area contributed by atoms with Gasteiger partial charge in [0.15, 0.2) is 9.84 Å². The number of amides is 1. The molecular weight excluding hydrogens is 318 g/mol.